The summed E-state index contributed by atoms with van der Waals surface area (Å²) < 4.78 is 0.960. The molecule has 0 aromatic heterocycles. The number of nitrogens with one attached hydrogen (secondary N) is 3. The van der Waals surface area contributed by atoms with Crippen LogP contribution in [0.5, 0.6) is 0 Å². The molecule has 2 heterocycles. The zero-order valence-electron chi connectivity index (χ0n) is 18.9. The maximum absolute atomic E-state index is 13.3. The molecule has 33 heavy (non-hydrogen) atoms. The second-order valence-corrected chi connectivity index (χ2v) is 10.7. The Hall–Kier alpha value is -2.13. The molecule has 0 atom stereocenters. The second kappa shape index (κ2) is 11.3. The van der Waals surface area contributed by atoms with Crippen LogP contribution in [0.2, 0.25) is 0 Å². The standard InChI is InChI=1S/C25H29BrN4O2S/c1-28-12-14-29(15-13-28)11-5-10-27-24(31)18-30-21-8-2-3-9-22(21)33-23(25(30)32)17-19-6-4-7-20(26)16-19/h2-4,6-9,16-17H,5,10-15,18H2,1H3,(H,27,31)/p+2. The van der Waals surface area contributed by atoms with E-state index in [0.29, 0.717) is 11.4 Å². The fourth-order valence-corrected chi connectivity index (χ4v) is 5.69. The highest BCUT2D eigenvalue weighted by Gasteiger charge is 2.30. The molecule has 0 unspecified atom stereocenters. The predicted molar refractivity (Wildman–Crippen MR) is 137 cm³/mol. The minimum atomic E-state index is -0.141. The summed E-state index contributed by atoms with van der Waals surface area (Å²) in [6, 6.07) is 15.6. The monoisotopic (exact) mass is 530 g/mol. The molecule has 1 saturated heterocycles. The molecule has 174 valence electrons. The maximum Gasteiger partial charge on any atom is 0.265 e. The predicted octanol–water partition coefficient (Wildman–Crippen LogP) is 0.848. The van der Waals surface area contributed by atoms with Crippen molar-refractivity contribution in [2.45, 2.75) is 11.3 Å². The normalized spacial score (nSPS) is 21.7. The molecule has 4 rings (SSSR count). The number of anilines is 1. The molecule has 2 aliphatic rings. The number of thioether (sulfide) groups is 1. The Morgan fingerprint density at radius 3 is 2.73 bits per heavy atom. The van der Waals surface area contributed by atoms with E-state index >= 15 is 0 Å². The third-order valence-electron chi connectivity index (χ3n) is 6.12. The van der Waals surface area contributed by atoms with Gasteiger partial charge in [0.25, 0.3) is 5.91 Å². The van der Waals surface area contributed by atoms with Gasteiger partial charge >= 0.3 is 0 Å². The molecular weight excluding hydrogens is 500 g/mol. The Bertz CT molecular complexity index is 1040. The number of rotatable bonds is 7. The summed E-state index contributed by atoms with van der Waals surface area (Å²) in [5.41, 5.74) is 1.73. The van der Waals surface area contributed by atoms with E-state index in [0.717, 1.165) is 33.6 Å². The first kappa shape index (κ1) is 24.0. The number of nitrogens with zero attached hydrogens (tertiary/aromatic N) is 1. The smallest absolute Gasteiger partial charge is 0.265 e. The van der Waals surface area contributed by atoms with Gasteiger partial charge in [0, 0.05) is 22.3 Å². The number of fused-ring (bicyclic) bond motifs is 1. The van der Waals surface area contributed by atoms with E-state index in [9.17, 15) is 9.59 Å². The molecule has 2 aliphatic heterocycles. The Kier molecular flexibility index (Phi) is 8.25. The molecule has 3 N–H and O–H groups in total. The van der Waals surface area contributed by atoms with E-state index in [1.807, 2.05) is 54.6 Å². The lowest BCUT2D eigenvalue weighted by Gasteiger charge is -2.30. The van der Waals surface area contributed by atoms with Crippen LogP contribution in [0.3, 0.4) is 0 Å². The summed E-state index contributed by atoms with van der Waals surface area (Å²) in [4.78, 5) is 32.4. The van der Waals surface area contributed by atoms with Crippen molar-refractivity contribution in [2.75, 3.05) is 57.8 Å². The topological polar surface area (TPSA) is 58.3 Å². The summed E-state index contributed by atoms with van der Waals surface area (Å²) in [6.07, 6.45) is 2.84. The minimum absolute atomic E-state index is 0.0248. The minimum Gasteiger partial charge on any atom is -0.354 e. The number of amides is 2. The molecular formula is C25H31BrN4O2S+2. The first-order valence-electron chi connectivity index (χ1n) is 11.5. The molecule has 8 heteroatoms. The first-order valence-corrected chi connectivity index (χ1v) is 13.1. The van der Waals surface area contributed by atoms with Crippen LogP contribution in [0, 0.1) is 0 Å². The number of likely N-dealkylation sites (N-methyl/N-ethyl adjacent to an activating group) is 1. The van der Waals surface area contributed by atoms with Crippen LogP contribution in [0.15, 0.2) is 62.8 Å². The van der Waals surface area contributed by atoms with Crippen molar-refractivity contribution in [3.8, 4) is 0 Å². The molecule has 6 nitrogen and oxygen atoms in total. The summed E-state index contributed by atoms with van der Waals surface area (Å²) >= 11 is 4.94. The number of para-hydroxylation sites is 1. The number of piperazine rings is 1. The van der Waals surface area contributed by atoms with Crippen molar-refractivity contribution in [2.24, 2.45) is 0 Å². The fourth-order valence-electron chi connectivity index (χ4n) is 4.21. The lowest BCUT2D eigenvalue weighted by atomic mass is 10.2. The molecule has 0 spiro atoms. The van der Waals surface area contributed by atoms with E-state index in [1.54, 1.807) is 14.7 Å². The van der Waals surface area contributed by atoms with Gasteiger partial charge < -0.3 is 15.1 Å². The van der Waals surface area contributed by atoms with Gasteiger partial charge in [-0.05, 0) is 35.9 Å². The molecule has 2 aromatic rings. The Morgan fingerprint density at radius 2 is 1.94 bits per heavy atom. The van der Waals surface area contributed by atoms with Crippen LogP contribution in [0.1, 0.15) is 12.0 Å². The van der Waals surface area contributed by atoms with E-state index in [4.69, 9.17) is 0 Å². The quantitative estimate of drug-likeness (QED) is 0.367. The van der Waals surface area contributed by atoms with Gasteiger partial charge in [-0.2, -0.15) is 0 Å². The third kappa shape index (κ3) is 6.47. The first-order chi connectivity index (χ1) is 16.0. The molecule has 2 amide bonds. The third-order valence-corrected chi connectivity index (χ3v) is 7.69. The Morgan fingerprint density at radius 1 is 1.15 bits per heavy atom. The van der Waals surface area contributed by atoms with Crippen molar-refractivity contribution in [1.29, 1.82) is 0 Å². The maximum atomic E-state index is 13.3. The zero-order chi connectivity index (χ0) is 23.2. The SMILES string of the molecule is C[NH+]1CC[NH+](CCCNC(=O)CN2C(=O)C(=Cc3cccc(Br)c3)Sc3ccccc32)CC1. The average Bonchev–Trinajstić information content (AvgIpc) is 2.81. The van der Waals surface area contributed by atoms with E-state index < -0.39 is 0 Å². The van der Waals surface area contributed by atoms with Gasteiger partial charge in [0.2, 0.25) is 5.91 Å². The van der Waals surface area contributed by atoms with Crippen LogP contribution >= 0.6 is 27.7 Å². The van der Waals surface area contributed by atoms with Gasteiger partial charge in [-0.25, -0.2) is 0 Å². The van der Waals surface area contributed by atoms with Crippen molar-refractivity contribution >= 4 is 51.3 Å². The molecule has 0 aliphatic carbocycles. The molecule has 0 bridgehead atoms. The second-order valence-electron chi connectivity index (χ2n) is 8.69. The summed E-state index contributed by atoms with van der Waals surface area (Å²) in [6.45, 7) is 6.57. The lowest BCUT2D eigenvalue weighted by molar-refractivity contribution is -1.00. The molecule has 2 aromatic carbocycles. The van der Waals surface area contributed by atoms with Crippen molar-refractivity contribution in [1.82, 2.24) is 5.32 Å². The fraction of sp³-hybridized carbons (Fsp3) is 0.360. The highest BCUT2D eigenvalue weighted by atomic mass is 79.9. The van der Waals surface area contributed by atoms with Crippen LogP contribution in [0.25, 0.3) is 6.08 Å². The van der Waals surface area contributed by atoms with Gasteiger partial charge in [0.1, 0.15) is 32.7 Å². The van der Waals surface area contributed by atoms with E-state index in [2.05, 4.69) is 28.3 Å². The van der Waals surface area contributed by atoms with Crippen LogP contribution < -0.4 is 20.0 Å². The van der Waals surface area contributed by atoms with E-state index in [-0.39, 0.29) is 18.4 Å². The molecule has 0 saturated carbocycles. The zero-order valence-corrected chi connectivity index (χ0v) is 21.3. The van der Waals surface area contributed by atoms with Crippen LogP contribution in [-0.4, -0.2) is 64.7 Å². The van der Waals surface area contributed by atoms with E-state index in [1.165, 1.54) is 37.9 Å². The number of quaternary nitrogens is 2. The van der Waals surface area contributed by atoms with Gasteiger partial charge in [0.15, 0.2) is 0 Å². The molecule has 0 radical (unpaired) electrons. The molecule has 1 fully saturated rings. The number of carbonyl (C=O) groups is 2. The largest absolute Gasteiger partial charge is 0.354 e. The average molecular weight is 532 g/mol. The van der Waals surface area contributed by atoms with Crippen molar-refractivity contribution in [3.63, 3.8) is 0 Å². The van der Waals surface area contributed by atoms with Crippen LogP contribution in [-0.2, 0) is 9.59 Å². The van der Waals surface area contributed by atoms with Crippen molar-refractivity contribution in [3.05, 3.63) is 63.5 Å². The number of hydrogen-bond donors (Lipinski definition) is 3. The number of carbonyl (C=O) groups excluding carboxylic acids is 2. The van der Waals surface area contributed by atoms with Gasteiger partial charge in [-0.15, -0.1) is 0 Å². The summed E-state index contributed by atoms with van der Waals surface area (Å²) in [7, 11) is 2.24. The highest BCUT2D eigenvalue weighted by molar-refractivity contribution is 9.10. The lowest BCUT2D eigenvalue weighted by Crippen LogP contribution is -3.27. The Balaban J connectivity index is 1.38. The van der Waals surface area contributed by atoms with Gasteiger partial charge in [-0.3, -0.25) is 14.5 Å². The number of halogens is 1. The Labute approximate surface area is 208 Å². The van der Waals surface area contributed by atoms with Gasteiger partial charge in [0.05, 0.1) is 24.2 Å². The highest BCUT2D eigenvalue weighted by Crippen LogP contribution is 2.41. The number of benzene rings is 2. The number of hydrogen-bond acceptors (Lipinski definition) is 3. The summed E-state index contributed by atoms with van der Waals surface area (Å²) in [5, 5.41) is 3.02. The van der Waals surface area contributed by atoms with Crippen molar-refractivity contribution < 1.29 is 19.4 Å². The van der Waals surface area contributed by atoms with Crippen LogP contribution in [0.4, 0.5) is 5.69 Å². The van der Waals surface area contributed by atoms with Gasteiger partial charge in [-0.1, -0.05) is 52.0 Å². The summed E-state index contributed by atoms with van der Waals surface area (Å²) in [5.74, 6) is -0.261.